The molecule has 6 heteroatoms. The van der Waals surface area contributed by atoms with Crippen LogP contribution in [0.2, 0.25) is 0 Å². The Hall–Kier alpha value is -1.69. The van der Waals surface area contributed by atoms with E-state index in [2.05, 4.69) is 44.9 Å². The van der Waals surface area contributed by atoms with Crippen LogP contribution >= 0.6 is 0 Å². The fourth-order valence-corrected chi connectivity index (χ4v) is 3.58. The lowest BCUT2D eigenvalue weighted by atomic mass is 10.00. The number of nitrogens with zero attached hydrogens (tertiary/aromatic N) is 5. The summed E-state index contributed by atoms with van der Waals surface area (Å²) in [5.41, 5.74) is 1.21. The van der Waals surface area contributed by atoms with Crippen LogP contribution in [0.4, 0.5) is 0 Å². The third kappa shape index (κ3) is 3.17. The van der Waals surface area contributed by atoms with Gasteiger partial charge in [-0.15, -0.1) is 0 Å². The second-order valence-corrected chi connectivity index (χ2v) is 7.07. The summed E-state index contributed by atoms with van der Waals surface area (Å²) in [5, 5.41) is 8.63. The molecule has 1 aliphatic heterocycles. The molecule has 1 aliphatic carbocycles. The summed E-state index contributed by atoms with van der Waals surface area (Å²) in [6.07, 6.45) is 10.2. The molecule has 0 unspecified atom stereocenters. The lowest BCUT2D eigenvalue weighted by Gasteiger charge is -2.38. The normalized spacial score (nSPS) is 24.0. The van der Waals surface area contributed by atoms with E-state index >= 15 is 0 Å². The SMILES string of the molecule is Cc1cnn(C[C@@H]2CCCCN2[C@H](C)c2nc(C3CC3)no2)c1. The molecule has 2 aromatic heterocycles. The third-order valence-electron chi connectivity index (χ3n) is 5.09. The standard InChI is InChI=1S/C17H25N5O/c1-12-9-18-21(10-12)11-15-5-3-4-8-22(15)13(2)17-19-16(20-23-17)14-6-7-14/h9-10,13-15H,3-8,11H2,1-2H3/t13-,15+/m1/s1. The number of aromatic nitrogens is 4. The molecule has 0 amide bonds. The average Bonchev–Trinajstić information content (AvgIpc) is 3.15. The lowest BCUT2D eigenvalue weighted by Crippen LogP contribution is -2.43. The Labute approximate surface area is 136 Å². The molecule has 1 saturated heterocycles. The molecule has 6 nitrogen and oxygen atoms in total. The van der Waals surface area contributed by atoms with Crippen LogP contribution in [0, 0.1) is 6.92 Å². The van der Waals surface area contributed by atoms with Gasteiger partial charge in [0.05, 0.1) is 18.8 Å². The van der Waals surface area contributed by atoms with Gasteiger partial charge in [0, 0.05) is 18.2 Å². The highest BCUT2D eigenvalue weighted by atomic mass is 16.5. The molecule has 2 atom stereocenters. The second kappa shape index (κ2) is 6.07. The Bertz CT molecular complexity index is 659. The predicted octanol–water partition coefficient (Wildman–Crippen LogP) is 3.07. The second-order valence-electron chi connectivity index (χ2n) is 7.07. The molecular formula is C17H25N5O. The van der Waals surface area contributed by atoms with Gasteiger partial charge in [-0.05, 0) is 51.6 Å². The van der Waals surface area contributed by atoms with E-state index < -0.39 is 0 Å². The third-order valence-corrected chi connectivity index (χ3v) is 5.09. The van der Waals surface area contributed by atoms with Crippen LogP contribution in [0.5, 0.6) is 0 Å². The van der Waals surface area contributed by atoms with Crippen molar-refractivity contribution in [2.75, 3.05) is 6.54 Å². The van der Waals surface area contributed by atoms with Crippen molar-refractivity contribution in [1.29, 1.82) is 0 Å². The summed E-state index contributed by atoms with van der Waals surface area (Å²) < 4.78 is 7.62. The molecule has 2 aliphatic rings. The van der Waals surface area contributed by atoms with Crippen molar-refractivity contribution in [1.82, 2.24) is 24.8 Å². The highest BCUT2D eigenvalue weighted by Gasteiger charge is 2.33. The van der Waals surface area contributed by atoms with Crippen LogP contribution in [0.25, 0.3) is 0 Å². The van der Waals surface area contributed by atoms with Crippen LogP contribution in [-0.4, -0.2) is 37.4 Å². The van der Waals surface area contributed by atoms with E-state index in [4.69, 9.17) is 4.52 Å². The van der Waals surface area contributed by atoms with E-state index in [0.717, 1.165) is 24.8 Å². The number of hydrogen-bond donors (Lipinski definition) is 0. The Kier molecular flexibility index (Phi) is 3.93. The minimum Gasteiger partial charge on any atom is -0.338 e. The largest absolute Gasteiger partial charge is 0.338 e. The molecule has 0 bridgehead atoms. The summed E-state index contributed by atoms with van der Waals surface area (Å²) >= 11 is 0. The zero-order valence-corrected chi connectivity index (χ0v) is 14.0. The molecule has 0 radical (unpaired) electrons. The summed E-state index contributed by atoms with van der Waals surface area (Å²) in [5.74, 6) is 2.22. The van der Waals surface area contributed by atoms with Crippen molar-refractivity contribution >= 4 is 0 Å². The smallest absolute Gasteiger partial charge is 0.243 e. The van der Waals surface area contributed by atoms with Crippen molar-refractivity contribution in [2.24, 2.45) is 0 Å². The van der Waals surface area contributed by atoms with Gasteiger partial charge in [0.15, 0.2) is 5.82 Å². The number of hydrogen-bond acceptors (Lipinski definition) is 5. The Morgan fingerprint density at radius 1 is 1.30 bits per heavy atom. The van der Waals surface area contributed by atoms with E-state index in [0.29, 0.717) is 12.0 Å². The summed E-state index contributed by atoms with van der Waals surface area (Å²) in [6.45, 7) is 6.30. The molecule has 0 spiro atoms. The molecule has 0 N–H and O–H groups in total. The van der Waals surface area contributed by atoms with Gasteiger partial charge in [0.1, 0.15) is 0 Å². The van der Waals surface area contributed by atoms with E-state index in [-0.39, 0.29) is 6.04 Å². The van der Waals surface area contributed by atoms with Crippen LogP contribution in [0.1, 0.15) is 68.3 Å². The zero-order chi connectivity index (χ0) is 15.8. The number of piperidine rings is 1. The van der Waals surface area contributed by atoms with Crippen LogP contribution in [0.3, 0.4) is 0 Å². The Morgan fingerprint density at radius 2 is 2.17 bits per heavy atom. The summed E-state index contributed by atoms with van der Waals surface area (Å²) in [4.78, 5) is 7.17. The van der Waals surface area contributed by atoms with E-state index in [1.54, 1.807) is 0 Å². The van der Waals surface area contributed by atoms with Gasteiger partial charge in [0.25, 0.3) is 0 Å². The molecule has 124 valence electrons. The number of likely N-dealkylation sites (tertiary alicyclic amines) is 1. The molecule has 1 saturated carbocycles. The molecule has 0 aromatic carbocycles. The highest BCUT2D eigenvalue weighted by Crippen LogP contribution is 2.39. The van der Waals surface area contributed by atoms with E-state index in [1.165, 1.54) is 37.7 Å². The zero-order valence-electron chi connectivity index (χ0n) is 14.0. The summed E-state index contributed by atoms with van der Waals surface area (Å²) in [6, 6.07) is 0.659. The van der Waals surface area contributed by atoms with Crippen molar-refractivity contribution < 1.29 is 4.52 Å². The summed E-state index contributed by atoms with van der Waals surface area (Å²) in [7, 11) is 0. The van der Waals surface area contributed by atoms with Crippen LogP contribution in [0.15, 0.2) is 16.9 Å². The maximum atomic E-state index is 5.56. The fourth-order valence-electron chi connectivity index (χ4n) is 3.58. The van der Waals surface area contributed by atoms with Gasteiger partial charge < -0.3 is 4.52 Å². The van der Waals surface area contributed by atoms with Crippen LogP contribution in [-0.2, 0) is 6.54 Å². The molecule has 23 heavy (non-hydrogen) atoms. The molecule has 4 rings (SSSR count). The molecule has 2 fully saturated rings. The fraction of sp³-hybridized carbons (Fsp3) is 0.706. The first kappa shape index (κ1) is 14.9. The van der Waals surface area contributed by atoms with Crippen molar-refractivity contribution in [3.63, 3.8) is 0 Å². The Morgan fingerprint density at radius 3 is 2.91 bits per heavy atom. The average molecular weight is 315 g/mol. The Balaban J connectivity index is 1.49. The molecular weight excluding hydrogens is 290 g/mol. The van der Waals surface area contributed by atoms with Crippen molar-refractivity contribution in [2.45, 2.75) is 70.5 Å². The van der Waals surface area contributed by atoms with Gasteiger partial charge in [-0.1, -0.05) is 11.6 Å². The van der Waals surface area contributed by atoms with E-state index in [1.807, 2.05) is 6.20 Å². The van der Waals surface area contributed by atoms with Crippen molar-refractivity contribution in [3.8, 4) is 0 Å². The first-order valence-corrected chi connectivity index (χ1v) is 8.79. The quantitative estimate of drug-likeness (QED) is 0.848. The monoisotopic (exact) mass is 315 g/mol. The number of rotatable bonds is 5. The van der Waals surface area contributed by atoms with Gasteiger partial charge in [-0.3, -0.25) is 9.58 Å². The molecule has 3 heterocycles. The van der Waals surface area contributed by atoms with Gasteiger partial charge >= 0.3 is 0 Å². The molecule has 2 aromatic rings. The van der Waals surface area contributed by atoms with Gasteiger partial charge in [-0.25, -0.2) is 0 Å². The predicted molar refractivity (Wildman–Crippen MR) is 86.0 cm³/mol. The lowest BCUT2D eigenvalue weighted by molar-refractivity contribution is 0.0719. The minimum absolute atomic E-state index is 0.178. The topological polar surface area (TPSA) is 60.0 Å². The number of aryl methyl sites for hydroxylation is 1. The van der Waals surface area contributed by atoms with Gasteiger partial charge in [-0.2, -0.15) is 10.1 Å². The highest BCUT2D eigenvalue weighted by molar-refractivity contribution is 5.05. The van der Waals surface area contributed by atoms with Crippen LogP contribution < -0.4 is 0 Å². The van der Waals surface area contributed by atoms with Gasteiger partial charge in [0.2, 0.25) is 5.89 Å². The maximum absolute atomic E-state index is 5.56. The van der Waals surface area contributed by atoms with Crippen molar-refractivity contribution in [3.05, 3.63) is 29.7 Å². The minimum atomic E-state index is 0.178. The van der Waals surface area contributed by atoms with E-state index in [9.17, 15) is 0 Å². The first-order chi connectivity index (χ1) is 11.2. The maximum Gasteiger partial charge on any atom is 0.243 e. The first-order valence-electron chi connectivity index (χ1n) is 8.79.